The zero-order valence-electron chi connectivity index (χ0n) is 17.0. The van der Waals surface area contributed by atoms with Crippen LogP contribution in [-0.4, -0.2) is 22.4 Å². The van der Waals surface area contributed by atoms with Crippen LogP contribution in [0.2, 0.25) is 0 Å². The van der Waals surface area contributed by atoms with Gasteiger partial charge in [0.15, 0.2) is 0 Å². The molecule has 6 aromatic rings. The Kier molecular flexibility index (Phi) is 3.46. The molecule has 2 radical (unpaired) electrons. The number of nitrogens with zero attached hydrogens (tertiary/aromatic N) is 2. The van der Waals surface area contributed by atoms with Gasteiger partial charge in [-0.25, -0.2) is 4.98 Å². The van der Waals surface area contributed by atoms with Gasteiger partial charge in [-0.15, -0.1) is 0 Å². The van der Waals surface area contributed by atoms with Crippen LogP contribution in [0.1, 0.15) is 19.4 Å². The van der Waals surface area contributed by atoms with E-state index < -0.39 is 0 Å². The molecule has 0 saturated carbocycles. The molecule has 0 saturated heterocycles. The van der Waals surface area contributed by atoms with E-state index in [2.05, 4.69) is 82.3 Å². The van der Waals surface area contributed by atoms with Gasteiger partial charge in [-0.05, 0) is 28.9 Å². The molecule has 3 aromatic carbocycles. The maximum Gasteiger partial charge on any atom is 0.146 e. The average Bonchev–Trinajstić information content (AvgIpc) is 3.27. The summed E-state index contributed by atoms with van der Waals surface area (Å²) in [6, 6.07) is 25.5. The van der Waals surface area contributed by atoms with Crippen molar-refractivity contribution in [1.82, 2.24) is 14.5 Å². The fourth-order valence-corrected chi connectivity index (χ4v) is 4.53. The number of nitrogens with one attached hydrogen (secondary N) is 1. The Morgan fingerprint density at radius 3 is 2.47 bits per heavy atom. The predicted molar refractivity (Wildman–Crippen MR) is 127 cm³/mol. The molecular formula is C26H20BN3. The monoisotopic (exact) mass is 385 g/mol. The molecule has 142 valence electrons. The molecule has 3 nitrogen and oxygen atoms in total. The molecule has 0 bridgehead atoms. The third kappa shape index (κ3) is 2.37. The number of benzene rings is 3. The molecule has 0 aliphatic heterocycles. The van der Waals surface area contributed by atoms with E-state index in [1.54, 1.807) is 0 Å². The lowest BCUT2D eigenvalue weighted by atomic mass is 9.67. The van der Waals surface area contributed by atoms with E-state index in [9.17, 15) is 0 Å². The molecule has 0 spiro atoms. The minimum atomic E-state index is -0.387. The van der Waals surface area contributed by atoms with Crippen LogP contribution in [0.4, 0.5) is 0 Å². The molecule has 6 rings (SSSR count). The summed E-state index contributed by atoms with van der Waals surface area (Å²) in [5.41, 5.74) is 4.46. The molecule has 0 amide bonds. The lowest BCUT2D eigenvalue weighted by Gasteiger charge is -2.20. The number of hydrogen-bond donors (Lipinski definition) is 1. The molecule has 0 aliphatic carbocycles. The van der Waals surface area contributed by atoms with E-state index in [0.717, 1.165) is 38.8 Å². The van der Waals surface area contributed by atoms with Crippen LogP contribution in [0.5, 0.6) is 0 Å². The smallest absolute Gasteiger partial charge is 0.146 e. The summed E-state index contributed by atoms with van der Waals surface area (Å²) in [5, 5.41) is 5.55. The van der Waals surface area contributed by atoms with Gasteiger partial charge < -0.3 is 4.98 Å². The van der Waals surface area contributed by atoms with Gasteiger partial charge >= 0.3 is 0 Å². The van der Waals surface area contributed by atoms with Gasteiger partial charge in [0.2, 0.25) is 0 Å². The second kappa shape index (κ2) is 5.99. The van der Waals surface area contributed by atoms with Crippen LogP contribution in [0.25, 0.3) is 49.4 Å². The number of pyridine rings is 1. The first-order valence-electron chi connectivity index (χ1n) is 10.2. The van der Waals surface area contributed by atoms with Gasteiger partial charge in [-0.1, -0.05) is 74.0 Å². The Hall–Kier alpha value is -3.53. The number of H-pyrrole nitrogens is 1. The van der Waals surface area contributed by atoms with Gasteiger partial charge in [0, 0.05) is 33.3 Å². The van der Waals surface area contributed by atoms with Crippen LogP contribution in [-0.2, 0) is 5.31 Å². The average molecular weight is 385 g/mol. The molecule has 0 atom stereocenters. The number of para-hydroxylation sites is 2. The molecule has 30 heavy (non-hydrogen) atoms. The van der Waals surface area contributed by atoms with Crippen LogP contribution < -0.4 is 0 Å². The first-order valence-corrected chi connectivity index (χ1v) is 10.2. The Balaban J connectivity index is 1.75. The van der Waals surface area contributed by atoms with E-state index >= 15 is 0 Å². The highest BCUT2D eigenvalue weighted by atomic mass is 15.1. The van der Waals surface area contributed by atoms with Crippen molar-refractivity contribution in [1.29, 1.82) is 0 Å². The van der Waals surface area contributed by atoms with Crippen molar-refractivity contribution >= 4 is 51.5 Å². The van der Waals surface area contributed by atoms with E-state index in [1.165, 1.54) is 16.2 Å². The quantitative estimate of drug-likeness (QED) is 0.353. The Labute approximate surface area is 175 Å². The zero-order valence-corrected chi connectivity index (χ0v) is 17.0. The number of aromatic nitrogens is 3. The lowest BCUT2D eigenvalue weighted by Crippen LogP contribution is -2.16. The molecule has 1 N–H and O–H groups in total. The molecule has 0 fully saturated rings. The Morgan fingerprint density at radius 2 is 1.63 bits per heavy atom. The van der Waals surface area contributed by atoms with Crippen molar-refractivity contribution in [3.05, 3.63) is 84.6 Å². The molecule has 0 aliphatic rings. The van der Waals surface area contributed by atoms with Gasteiger partial charge in [-0.2, -0.15) is 0 Å². The van der Waals surface area contributed by atoms with Crippen molar-refractivity contribution < 1.29 is 0 Å². The first-order chi connectivity index (χ1) is 14.5. The molecule has 4 heteroatoms. The number of fused-ring (bicyclic) bond motifs is 6. The molecule has 3 aromatic heterocycles. The van der Waals surface area contributed by atoms with Crippen molar-refractivity contribution in [2.75, 3.05) is 0 Å². The molecular weight excluding hydrogens is 365 g/mol. The van der Waals surface area contributed by atoms with Gasteiger partial charge in [0.1, 0.15) is 11.5 Å². The van der Waals surface area contributed by atoms with Crippen molar-refractivity contribution in [2.45, 2.75) is 19.2 Å². The van der Waals surface area contributed by atoms with E-state index in [4.69, 9.17) is 12.8 Å². The van der Waals surface area contributed by atoms with Gasteiger partial charge in [0.05, 0.1) is 13.4 Å². The highest BCUT2D eigenvalue weighted by Gasteiger charge is 2.19. The fraction of sp³-hybridized carbons (Fsp3) is 0.115. The third-order valence-corrected chi connectivity index (χ3v) is 6.02. The van der Waals surface area contributed by atoms with Crippen LogP contribution in [0, 0.1) is 0 Å². The number of aromatic amines is 1. The number of rotatable bonds is 2. The lowest BCUT2D eigenvalue weighted by molar-refractivity contribution is 0.765. The van der Waals surface area contributed by atoms with Crippen molar-refractivity contribution in [3.63, 3.8) is 0 Å². The minimum absolute atomic E-state index is 0.387. The van der Waals surface area contributed by atoms with E-state index in [-0.39, 0.29) is 5.31 Å². The Bertz CT molecular complexity index is 1580. The second-order valence-corrected chi connectivity index (χ2v) is 8.54. The zero-order chi connectivity index (χ0) is 20.5. The second-order valence-electron chi connectivity index (χ2n) is 8.54. The summed E-state index contributed by atoms with van der Waals surface area (Å²) in [5.74, 6) is 0.923. The number of hydrogen-bond acceptors (Lipinski definition) is 1. The van der Waals surface area contributed by atoms with Gasteiger partial charge in [-0.3, -0.25) is 4.57 Å². The standard InChI is InChI=1S/C26H20BN3/c1-26(2,27)17-11-12-18-16(15-17)13-14-28-24(18)30-22-10-6-4-8-20(22)23-19-7-3-5-9-21(19)29-25(23)30/h3-15,29H,1-2H3. The van der Waals surface area contributed by atoms with Crippen molar-refractivity contribution in [2.24, 2.45) is 0 Å². The SMILES string of the molecule is [B]C(C)(C)c1ccc2c(-n3c4ccccc4c4c5ccccc5[nH]c43)nccc2c1. The Morgan fingerprint density at radius 1 is 0.867 bits per heavy atom. The summed E-state index contributed by atoms with van der Waals surface area (Å²) >= 11 is 0. The summed E-state index contributed by atoms with van der Waals surface area (Å²) < 4.78 is 2.25. The topological polar surface area (TPSA) is 33.6 Å². The summed E-state index contributed by atoms with van der Waals surface area (Å²) in [4.78, 5) is 8.46. The van der Waals surface area contributed by atoms with Crippen LogP contribution >= 0.6 is 0 Å². The molecule has 0 unspecified atom stereocenters. The highest BCUT2D eigenvalue weighted by Crippen LogP contribution is 2.38. The summed E-state index contributed by atoms with van der Waals surface area (Å²) in [7, 11) is 6.35. The van der Waals surface area contributed by atoms with Crippen LogP contribution in [0.3, 0.4) is 0 Å². The first kappa shape index (κ1) is 17.3. The summed E-state index contributed by atoms with van der Waals surface area (Å²) in [6.45, 7) is 4.06. The van der Waals surface area contributed by atoms with Gasteiger partial charge in [0.25, 0.3) is 0 Å². The minimum Gasteiger partial charge on any atom is -0.340 e. The van der Waals surface area contributed by atoms with Crippen LogP contribution in [0.15, 0.2) is 79.0 Å². The largest absolute Gasteiger partial charge is 0.340 e. The fourth-order valence-electron chi connectivity index (χ4n) is 4.53. The predicted octanol–water partition coefficient (Wildman–Crippen LogP) is 6.22. The normalized spacial score (nSPS) is 12.5. The maximum absolute atomic E-state index is 6.35. The maximum atomic E-state index is 6.35. The third-order valence-electron chi connectivity index (χ3n) is 6.02. The van der Waals surface area contributed by atoms with E-state index in [0.29, 0.717) is 0 Å². The summed E-state index contributed by atoms with van der Waals surface area (Å²) in [6.07, 6.45) is 1.88. The molecule has 3 heterocycles. The highest BCUT2D eigenvalue weighted by molar-refractivity contribution is 6.21. The van der Waals surface area contributed by atoms with Crippen molar-refractivity contribution in [3.8, 4) is 5.82 Å². The van der Waals surface area contributed by atoms with E-state index in [1.807, 2.05) is 20.0 Å².